The van der Waals surface area contributed by atoms with Gasteiger partial charge in [-0.25, -0.2) is 14.2 Å². The molecule has 0 radical (unpaired) electrons. The van der Waals surface area contributed by atoms with E-state index in [0.717, 1.165) is 6.07 Å². The summed E-state index contributed by atoms with van der Waals surface area (Å²) in [5.74, 6) is -0.495. The minimum absolute atomic E-state index is 0.128. The molecular formula is C17H23FN2O4Si. The number of nitrogens with one attached hydrogen (secondary N) is 1. The number of benzene rings is 1. The zero-order valence-corrected chi connectivity index (χ0v) is 16.4. The molecule has 0 saturated heterocycles. The first kappa shape index (κ1) is 19.1. The predicted octanol–water partition coefficient (Wildman–Crippen LogP) is 4.12. The Morgan fingerprint density at radius 1 is 1.32 bits per heavy atom. The summed E-state index contributed by atoms with van der Waals surface area (Å²) in [5, 5.41) is 10.9. The number of rotatable bonds is 5. The Balaban J connectivity index is 2.22. The molecule has 0 atom stereocenters. The molecule has 136 valence electrons. The van der Waals surface area contributed by atoms with Crippen LogP contribution in [0.3, 0.4) is 0 Å². The highest BCUT2D eigenvalue weighted by atomic mass is 28.2. The summed E-state index contributed by atoms with van der Waals surface area (Å²) in [4.78, 5) is 15.0. The average Bonchev–Trinajstić information content (AvgIpc) is 2.94. The van der Waals surface area contributed by atoms with E-state index in [9.17, 15) is 9.18 Å². The minimum atomic E-state index is -1.26. The first-order valence-corrected chi connectivity index (χ1v) is 9.16. The molecule has 0 aliphatic heterocycles. The van der Waals surface area contributed by atoms with Crippen LogP contribution in [0.25, 0.3) is 11.5 Å². The molecule has 0 fully saturated rings. The lowest BCUT2D eigenvalue weighted by atomic mass is 10.1. The second-order valence-corrected chi connectivity index (χ2v) is 10.2. The summed E-state index contributed by atoms with van der Waals surface area (Å²) in [6, 6.07) is 3.96. The van der Waals surface area contributed by atoms with Crippen LogP contribution >= 0.6 is 0 Å². The molecule has 1 heterocycles. The number of hydrogen-bond donors (Lipinski definition) is 2. The number of halogens is 1. The third-order valence-electron chi connectivity index (χ3n) is 3.44. The molecule has 2 aromatic rings. The zero-order chi connectivity index (χ0) is 18.8. The van der Waals surface area contributed by atoms with Gasteiger partial charge in [-0.1, -0.05) is 20.8 Å². The van der Waals surface area contributed by atoms with Crippen molar-refractivity contribution in [2.24, 2.45) is 0 Å². The lowest BCUT2D eigenvalue weighted by Crippen LogP contribution is -2.27. The van der Waals surface area contributed by atoms with Crippen molar-refractivity contribution < 1.29 is 23.1 Å². The molecule has 0 spiro atoms. The molecule has 0 bridgehead atoms. The summed E-state index contributed by atoms with van der Waals surface area (Å²) >= 11 is 0. The molecule has 2 rings (SSSR count). The molecule has 8 heteroatoms. The van der Waals surface area contributed by atoms with E-state index in [1.54, 1.807) is 0 Å². The van der Waals surface area contributed by atoms with E-state index in [2.05, 4.69) is 31.1 Å². The quantitative estimate of drug-likeness (QED) is 0.778. The standard InChI is InChI=1S/C17H23FN2O4Si/c1-16(2,3)25-24-17(4,5)13-9-23-14(20-13)11-7-6-10(8-12(11)18)19-15(21)22/h6-9,19H,25H2,1-5H3,(H,21,22). The molecule has 0 saturated carbocycles. The van der Waals surface area contributed by atoms with Crippen molar-refractivity contribution in [3.05, 3.63) is 36.0 Å². The van der Waals surface area contributed by atoms with E-state index in [4.69, 9.17) is 13.9 Å². The SMILES string of the molecule is CC(C)(C)[SiH2]OC(C)(C)c1coc(-c2ccc(NC(=O)O)cc2F)n1. The van der Waals surface area contributed by atoms with E-state index >= 15 is 0 Å². The van der Waals surface area contributed by atoms with E-state index in [1.807, 2.05) is 13.8 Å². The largest absolute Gasteiger partial charge is 0.465 e. The summed E-state index contributed by atoms with van der Waals surface area (Å²) in [7, 11) is -0.796. The van der Waals surface area contributed by atoms with E-state index < -0.39 is 27.3 Å². The fraction of sp³-hybridized carbons (Fsp3) is 0.412. The van der Waals surface area contributed by atoms with Crippen LogP contribution in [0.5, 0.6) is 0 Å². The minimum Gasteiger partial charge on any atom is -0.465 e. The van der Waals surface area contributed by atoms with Gasteiger partial charge in [-0.2, -0.15) is 0 Å². The molecule has 2 N–H and O–H groups in total. The summed E-state index contributed by atoms with van der Waals surface area (Å²) in [5.41, 5.74) is 0.264. The number of amides is 1. The van der Waals surface area contributed by atoms with Crippen molar-refractivity contribution in [1.29, 1.82) is 0 Å². The van der Waals surface area contributed by atoms with Crippen molar-refractivity contribution in [3.8, 4) is 11.5 Å². The van der Waals surface area contributed by atoms with Crippen molar-refractivity contribution in [3.63, 3.8) is 0 Å². The van der Waals surface area contributed by atoms with Crippen LogP contribution in [0.2, 0.25) is 5.04 Å². The van der Waals surface area contributed by atoms with Crippen LogP contribution in [-0.4, -0.2) is 25.9 Å². The Bertz CT molecular complexity index is 768. The number of carbonyl (C=O) groups is 1. The van der Waals surface area contributed by atoms with Crippen LogP contribution in [0.1, 0.15) is 40.3 Å². The number of carboxylic acid groups (broad SMARTS) is 1. The third-order valence-corrected chi connectivity index (χ3v) is 5.17. The molecule has 0 aliphatic rings. The van der Waals surface area contributed by atoms with Crippen molar-refractivity contribution in [1.82, 2.24) is 4.98 Å². The van der Waals surface area contributed by atoms with E-state index in [-0.39, 0.29) is 22.2 Å². The Kier molecular flexibility index (Phi) is 5.33. The molecule has 1 amide bonds. The second kappa shape index (κ2) is 6.97. The molecule has 1 aromatic carbocycles. The molecule has 6 nitrogen and oxygen atoms in total. The second-order valence-electron chi connectivity index (χ2n) is 7.52. The summed E-state index contributed by atoms with van der Waals surface area (Å²) < 4.78 is 25.7. The average molecular weight is 366 g/mol. The van der Waals surface area contributed by atoms with Gasteiger partial charge in [0.05, 0.1) is 11.2 Å². The predicted molar refractivity (Wildman–Crippen MR) is 95.9 cm³/mol. The maximum absolute atomic E-state index is 14.2. The van der Waals surface area contributed by atoms with Gasteiger partial charge in [-0.15, -0.1) is 0 Å². The van der Waals surface area contributed by atoms with E-state index in [1.165, 1.54) is 18.4 Å². The van der Waals surface area contributed by atoms with Gasteiger partial charge in [0.1, 0.15) is 17.8 Å². The van der Waals surface area contributed by atoms with Crippen LogP contribution in [0.4, 0.5) is 14.9 Å². The Hall–Kier alpha value is -2.19. The normalized spacial score (nSPS) is 12.7. The van der Waals surface area contributed by atoms with Gasteiger partial charge < -0.3 is 13.9 Å². The first-order chi connectivity index (χ1) is 11.5. The van der Waals surface area contributed by atoms with Crippen molar-refractivity contribution in [2.45, 2.75) is 45.3 Å². The Morgan fingerprint density at radius 2 is 2.00 bits per heavy atom. The molecular weight excluding hydrogens is 343 g/mol. The number of aromatic nitrogens is 1. The monoisotopic (exact) mass is 366 g/mol. The Morgan fingerprint density at radius 3 is 2.56 bits per heavy atom. The topological polar surface area (TPSA) is 84.6 Å². The highest BCUT2D eigenvalue weighted by Crippen LogP contribution is 2.31. The van der Waals surface area contributed by atoms with Crippen LogP contribution in [0, 0.1) is 5.82 Å². The molecule has 25 heavy (non-hydrogen) atoms. The highest BCUT2D eigenvalue weighted by Gasteiger charge is 2.28. The maximum Gasteiger partial charge on any atom is 0.409 e. The van der Waals surface area contributed by atoms with Gasteiger partial charge in [0.25, 0.3) is 0 Å². The number of hydrogen-bond acceptors (Lipinski definition) is 4. The summed E-state index contributed by atoms with van der Waals surface area (Å²) in [6.07, 6.45) is 0.211. The fourth-order valence-electron chi connectivity index (χ4n) is 2.03. The smallest absolute Gasteiger partial charge is 0.409 e. The van der Waals surface area contributed by atoms with Crippen molar-refractivity contribution in [2.75, 3.05) is 5.32 Å². The van der Waals surface area contributed by atoms with Gasteiger partial charge in [-0.3, -0.25) is 5.32 Å². The van der Waals surface area contributed by atoms with Gasteiger partial charge >= 0.3 is 6.09 Å². The first-order valence-electron chi connectivity index (χ1n) is 7.88. The number of nitrogens with zero attached hydrogens (tertiary/aromatic N) is 1. The van der Waals surface area contributed by atoms with Crippen LogP contribution in [0.15, 0.2) is 28.9 Å². The van der Waals surface area contributed by atoms with Crippen molar-refractivity contribution >= 4 is 21.5 Å². The Labute approximate surface area is 148 Å². The van der Waals surface area contributed by atoms with Gasteiger partial charge in [0.2, 0.25) is 5.89 Å². The highest BCUT2D eigenvalue weighted by molar-refractivity contribution is 6.31. The molecule has 0 unspecified atom stereocenters. The number of oxazole rings is 1. The lowest BCUT2D eigenvalue weighted by molar-refractivity contribution is 0.104. The molecule has 0 aliphatic carbocycles. The fourth-order valence-corrected chi connectivity index (χ4v) is 2.98. The van der Waals surface area contributed by atoms with Crippen LogP contribution in [-0.2, 0) is 10.0 Å². The summed E-state index contributed by atoms with van der Waals surface area (Å²) in [6.45, 7) is 10.2. The number of anilines is 1. The molecule has 1 aromatic heterocycles. The van der Waals surface area contributed by atoms with Crippen LogP contribution < -0.4 is 5.32 Å². The van der Waals surface area contributed by atoms with E-state index in [0.29, 0.717) is 5.69 Å². The third kappa shape index (κ3) is 5.14. The zero-order valence-electron chi connectivity index (χ0n) is 15.0. The van der Waals surface area contributed by atoms with Gasteiger partial charge in [0, 0.05) is 5.69 Å². The van der Waals surface area contributed by atoms with Gasteiger partial charge in [0.15, 0.2) is 9.76 Å². The van der Waals surface area contributed by atoms with Gasteiger partial charge in [-0.05, 0) is 37.1 Å². The lowest BCUT2D eigenvalue weighted by Gasteiger charge is -2.28. The maximum atomic E-state index is 14.2.